The van der Waals surface area contributed by atoms with Crippen molar-refractivity contribution in [2.75, 3.05) is 20.2 Å². The van der Waals surface area contributed by atoms with E-state index in [2.05, 4.69) is 10.1 Å². The van der Waals surface area contributed by atoms with Crippen LogP contribution in [0.3, 0.4) is 0 Å². The van der Waals surface area contributed by atoms with Crippen LogP contribution in [0.25, 0.3) is 0 Å². The normalized spacial score (nSPS) is 19.3. The average Bonchev–Trinajstić information content (AvgIpc) is 2.76. The Morgan fingerprint density at radius 3 is 2.75 bits per heavy atom. The zero-order chi connectivity index (χ0) is 12.2. The molecule has 1 aliphatic rings. The van der Waals surface area contributed by atoms with E-state index in [1.165, 1.54) is 7.11 Å². The summed E-state index contributed by atoms with van der Waals surface area (Å²) >= 11 is 5.65. The fraction of sp³-hybridized carbons (Fsp3) is 0.750. The smallest absolute Gasteiger partial charge is 0.305 e. The molecule has 0 aromatic rings. The lowest BCUT2D eigenvalue weighted by Gasteiger charge is -1.94. The first-order chi connectivity index (χ1) is 7.70. The highest BCUT2D eigenvalue weighted by Gasteiger charge is 2.08. The van der Waals surface area contributed by atoms with Gasteiger partial charge in [-0.15, -0.1) is 11.6 Å². The molecule has 1 rings (SSSR count). The Hall–Kier alpha value is -0.540. The Morgan fingerprint density at radius 2 is 2.38 bits per heavy atom. The predicted octanol–water partition coefficient (Wildman–Crippen LogP) is 2.49. The zero-order valence-corrected chi connectivity index (χ0v) is 10.9. The lowest BCUT2D eigenvalue weighted by atomic mass is 10.2. The van der Waals surface area contributed by atoms with E-state index < -0.39 is 0 Å². The van der Waals surface area contributed by atoms with Gasteiger partial charge in [0.05, 0.1) is 7.11 Å². The Bertz CT molecular complexity index is 201. The maximum absolute atomic E-state index is 10.5. The van der Waals surface area contributed by atoms with Crippen molar-refractivity contribution in [1.29, 1.82) is 0 Å². The van der Waals surface area contributed by atoms with Crippen molar-refractivity contribution in [3.8, 4) is 0 Å². The van der Waals surface area contributed by atoms with Gasteiger partial charge in [0.1, 0.15) is 0 Å². The number of hydrogen-bond donors (Lipinski definition) is 1. The number of hydrogen-bond acceptors (Lipinski definition) is 3. The minimum absolute atomic E-state index is 0.121. The summed E-state index contributed by atoms with van der Waals surface area (Å²) in [6.07, 6.45) is 7.55. The predicted molar refractivity (Wildman–Crippen MR) is 67.8 cm³/mol. The van der Waals surface area contributed by atoms with E-state index in [1.54, 1.807) is 0 Å². The molecule has 1 unspecified atom stereocenters. The second-order valence-electron chi connectivity index (χ2n) is 3.63. The summed E-state index contributed by atoms with van der Waals surface area (Å²) in [5.74, 6) is -0.121. The molecular weight excluding hydrogens is 226 g/mol. The monoisotopic (exact) mass is 247 g/mol. The molecule has 0 radical (unpaired) electrons. The number of carbonyl (C=O) groups is 1. The molecule has 1 heterocycles. The van der Waals surface area contributed by atoms with Crippen LogP contribution in [-0.2, 0) is 9.53 Å². The van der Waals surface area contributed by atoms with Crippen molar-refractivity contribution in [2.24, 2.45) is 0 Å². The van der Waals surface area contributed by atoms with Crippen LogP contribution in [0.1, 0.15) is 32.6 Å². The van der Waals surface area contributed by atoms with Crippen molar-refractivity contribution in [2.45, 2.75) is 38.0 Å². The van der Waals surface area contributed by atoms with E-state index >= 15 is 0 Å². The highest BCUT2D eigenvalue weighted by atomic mass is 35.5. The minimum Gasteiger partial charge on any atom is -0.469 e. The van der Waals surface area contributed by atoms with Crippen LogP contribution >= 0.6 is 11.6 Å². The largest absolute Gasteiger partial charge is 0.469 e. The van der Waals surface area contributed by atoms with Crippen molar-refractivity contribution >= 4 is 17.6 Å². The van der Waals surface area contributed by atoms with E-state index in [0.29, 0.717) is 11.8 Å². The van der Waals surface area contributed by atoms with Crippen LogP contribution in [0, 0.1) is 0 Å². The average molecular weight is 248 g/mol. The Kier molecular flexibility index (Phi) is 10.6. The molecule has 3 nitrogen and oxygen atoms in total. The van der Waals surface area contributed by atoms with E-state index in [4.69, 9.17) is 11.6 Å². The van der Waals surface area contributed by atoms with Crippen LogP contribution in [0.5, 0.6) is 0 Å². The number of alkyl halides is 1. The Morgan fingerprint density at radius 1 is 1.62 bits per heavy atom. The molecule has 1 N–H and O–H groups in total. The summed E-state index contributed by atoms with van der Waals surface area (Å²) in [5, 5.41) is 3.55. The van der Waals surface area contributed by atoms with Gasteiger partial charge in [-0.05, 0) is 32.7 Å². The maximum Gasteiger partial charge on any atom is 0.305 e. The Balaban J connectivity index is 0.000000315. The summed E-state index contributed by atoms with van der Waals surface area (Å²) in [5.41, 5.74) is 0. The number of halogens is 1. The fourth-order valence-electron chi connectivity index (χ4n) is 1.25. The molecule has 0 saturated carbocycles. The van der Waals surface area contributed by atoms with E-state index in [-0.39, 0.29) is 5.97 Å². The second kappa shape index (κ2) is 11.0. The number of nitrogens with one attached hydrogen (secondary N) is 1. The molecule has 0 bridgehead atoms. The quantitative estimate of drug-likeness (QED) is 0.359. The van der Waals surface area contributed by atoms with Gasteiger partial charge < -0.3 is 10.1 Å². The zero-order valence-electron chi connectivity index (χ0n) is 10.2. The van der Waals surface area contributed by atoms with Crippen LogP contribution in [0.2, 0.25) is 0 Å². The fourth-order valence-corrected chi connectivity index (χ4v) is 1.47. The molecule has 1 aliphatic heterocycles. The van der Waals surface area contributed by atoms with Gasteiger partial charge in [-0.25, -0.2) is 0 Å². The summed E-state index contributed by atoms with van der Waals surface area (Å²) in [6, 6.07) is 0. The molecule has 1 saturated heterocycles. The van der Waals surface area contributed by atoms with Crippen molar-refractivity contribution in [1.82, 2.24) is 5.32 Å². The maximum atomic E-state index is 10.5. The third kappa shape index (κ3) is 9.99. The molecular formula is C12H22ClNO2. The first-order valence-electron chi connectivity index (χ1n) is 5.73. The van der Waals surface area contributed by atoms with Gasteiger partial charge in [0, 0.05) is 18.3 Å². The van der Waals surface area contributed by atoms with Crippen LogP contribution < -0.4 is 5.32 Å². The molecule has 0 aromatic carbocycles. The van der Waals surface area contributed by atoms with Crippen molar-refractivity contribution in [3.63, 3.8) is 0 Å². The van der Waals surface area contributed by atoms with Gasteiger partial charge in [0.15, 0.2) is 0 Å². The van der Waals surface area contributed by atoms with Crippen molar-refractivity contribution in [3.05, 3.63) is 12.2 Å². The summed E-state index contributed by atoms with van der Waals surface area (Å²) in [6.45, 7) is 4.08. The number of rotatable bonds is 4. The molecule has 0 amide bonds. The molecule has 1 atom stereocenters. The van der Waals surface area contributed by atoms with Gasteiger partial charge in [0.2, 0.25) is 0 Å². The number of ether oxygens (including phenoxy) is 1. The van der Waals surface area contributed by atoms with Gasteiger partial charge >= 0.3 is 5.97 Å². The standard InChI is InChI=1S/C8H14O2.C4H8ClN/c1-3-4-5-6-7-8(9)10-2;5-4-1-2-6-3-4/h3-4H,5-7H2,1-2H3;4,6H,1-3H2/b4-3-;. The lowest BCUT2D eigenvalue weighted by molar-refractivity contribution is -0.140. The Labute approximate surface area is 103 Å². The van der Waals surface area contributed by atoms with Crippen molar-refractivity contribution < 1.29 is 9.53 Å². The third-order valence-electron chi connectivity index (χ3n) is 2.22. The van der Waals surface area contributed by atoms with E-state index in [1.807, 2.05) is 19.1 Å². The highest BCUT2D eigenvalue weighted by molar-refractivity contribution is 6.20. The molecule has 1 fully saturated rings. The minimum atomic E-state index is -0.121. The molecule has 0 aromatic heterocycles. The third-order valence-corrected chi connectivity index (χ3v) is 2.59. The first kappa shape index (κ1) is 15.5. The molecule has 0 aliphatic carbocycles. The molecule has 0 spiro atoms. The number of esters is 1. The number of allylic oxidation sites excluding steroid dienone is 2. The van der Waals surface area contributed by atoms with Gasteiger partial charge in [-0.1, -0.05) is 12.2 Å². The molecule has 4 heteroatoms. The lowest BCUT2D eigenvalue weighted by Crippen LogP contribution is -2.07. The SMILES string of the molecule is C/C=C\CCCC(=O)OC.ClC1CCNC1. The number of unbranched alkanes of at least 4 members (excludes halogenated alkanes) is 1. The first-order valence-corrected chi connectivity index (χ1v) is 6.17. The summed E-state index contributed by atoms with van der Waals surface area (Å²) < 4.78 is 4.47. The summed E-state index contributed by atoms with van der Waals surface area (Å²) in [4.78, 5) is 10.5. The van der Waals surface area contributed by atoms with Crippen LogP contribution in [0.4, 0.5) is 0 Å². The summed E-state index contributed by atoms with van der Waals surface area (Å²) in [7, 11) is 1.41. The highest BCUT2D eigenvalue weighted by Crippen LogP contribution is 2.03. The number of carbonyl (C=O) groups excluding carboxylic acids is 1. The van der Waals surface area contributed by atoms with E-state index in [0.717, 1.165) is 32.4 Å². The molecule has 16 heavy (non-hydrogen) atoms. The topological polar surface area (TPSA) is 38.3 Å². The molecule has 94 valence electrons. The van der Waals surface area contributed by atoms with Gasteiger partial charge in [0.25, 0.3) is 0 Å². The van der Waals surface area contributed by atoms with Crippen LogP contribution in [0.15, 0.2) is 12.2 Å². The van der Waals surface area contributed by atoms with E-state index in [9.17, 15) is 4.79 Å². The van der Waals surface area contributed by atoms with Crippen LogP contribution in [-0.4, -0.2) is 31.5 Å². The van der Waals surface area contributed by atoms with Gasteiger partial charge in [-0.3, -0.25) is 4.79 Å². The second-order valence-corrected chi connectivity index (χ2v) is 4.24. The number of methoxy groups -OCH3 is 1. The van der Waals surface area contributed by atoms with Gasteiger partial charge in [-0.2, -0.15) is 0 Å².